The van der Waals surface area contributed by atoms with Gasteiger partial charge in [-0.05, 0) is 44.2 Å². The first kappa shape index (κ1) is 21.1. The molecule has 1 aromatic heterocycles. The van der Waals surface area contributed by atoms with Crippen molar-refractivity contribution in [3.8, 4) is 17.1 Å². The van der Waals surface area contributed by atoms with Crippen molar-refractivity contribution >= 4 is 22.6 Å². The number of carboxylic acid groups (broad SMARTS) is 1. The molecule has 4 rings (SSSR count). The van der Waals surface area contributed by atoms with Crippen molar-refractivity contribution in [1.29, 1.82) is 0 Å². The standard InChI is InChI=1S/C23H24FNO6/c1-23(2,28)13-30-19-11-16-18(12-17(19)25-7-9-29-10-8-25)31-21(20(16)22(26)27)14-3-5-15(24)6-4-14/h3-6,11-12,28H,7-10,13H2,1-2H3,(H,26,27). The molecule has 3 aromatic rings. The van der Waals surface area contributed by atoms with Gasteiger partial charge >= 0.3 is 5.97 Å². The lowest BCUT2D eigenvalue weighted by Crippen LogP contribution is -2.36. The van der Waals surface area contributed by atoms with Gasteiger partial charge in [0, 0.05) is 30.1 Å². The van der Waals surface area contributed by atoms with Crippen molar-refractivity contribution in [1.82, 2.24) is 0 Å². The minimum absolute atomic E-state index is 0.0248. The highest BCUT2D eigenvalue weighted by atomic mass is 19.1. The number of ether oxygens (including phenoxy) is 2. The Kier molecular flexibility index (Phi) is 5.60. The van der Waals surface area contributed by atoms with E-state index in [9.17, 15) is 19.4 Å². The van der Waals surface area contributed by atoms with Crippen LogP contribution >= 0.6 is 0 Å². The molecule has 7 nitrogen and oxygen atoms in total. The van der Waals surface area contributed by atoms with E-state index in [4.69, 9.17) is 13.9 Å². The molecule has 164 valence electrons. The molecule has 2 aromatic carbocycles. The Balaban J connectivity index is 1.88. The first-order chi connectivity index (χ1) is 14.7. The van der Waals surface area contributed by atoms with Gasteiger partial charge in [-0.15, -0.1) is 0 Å². The fourth-order valence-electron chi connectivity index (χ4n) is 3.55. The number of carbonyl (C=O) groups is 1. The topological polar surface area (TPSA) is 92.4 Å². The number of fused-ring (bicyclic) bond motifs is 1. The highest BCUT2D eigenvalue weighted by Gasteiger charge is 2.26. The molecule has 1 saturated heterocycles. The van der Waals surface area contributed by atoms with Crippen molar-refractivity contribution in [3.63, 3.8) is 0 Å². The molecule has 0 atom stereocenters. The van der Waals surface area contributed by atoms with E-state index < -0.39 is 17.4 Å². The monoisotopic (exact) mass is 429 g/mol. The fraction of sp³-hybridized carbons (Fsp3) is 0.348. The number of aliphatic hydroxyl groups is 1. The SMILES string of the molecule is CC(C)(O)COc1cc2c(C(=O)O)c(-c3ccc(F)cc3)oc2cc1N1CCOCC1. The molecular weight excluding hydrogens is 405 g/mol. The normalized spacial score (nSPS) is 14.8. The molecule has 2 N–H and O–H groups in total. The van der Waals surface area contributed by atoms with Crippen LogP contribution in [0.15, 0.2) is 40.8 Å². The molecular formula is C23H24FNO6. The zero-order chi connectivity index (χ0) is 22.2. The molecule has 31 heavy (non-hydrogen) atoms. The van der Waals surface area contributed by atoms with Gasteiger partial charge in [0.15, 0.2) is 0 Å². The van der Waals surface area contributed by atoms with Crippen molar-refractivity contribution in [2.45, 2.75) is 19.4 Å². The van der Waals surface area contributed by atoms with Gasteiger partial charge in [0.05, 0.1) is 24.5 Å². The average molecular weight is 429 g/mol. The van der Waals surface area contributed by atoms with E-state index in [0.717, 1.165) is 5.69 Å². The summed E-state index contributed by atoms with van der Waals surface area (Å²) in [6, 6.07) is 8.85. The Morgan fingerprint density at radius 1 is 1.19 bits per heavy atom. The van der Waals surface area contributed by atoms with Crippen LogP contribution in [-0.2, 0) is 4.74 Å². The Labute approximate surface area is 178 Å². The second kappa shape index (κ2) is 8.20. The van der Waals surface area contributed by atoms with Crippen LogP contribution in [0.5, 0.6) is 5.75 Å². The van der Waals surface area contributed by atoms with E-state index >= 15 is 0 Å². The highest BCUT2D eigenvalue weighted by molar-refractivity contribution is 6.09. The van der Waals surface area contributed by atoms with E-state index in [1.807, 2.05) is 0 Å². The average Bonchev–Trinajstić information content (AvgIpc) is 3.11. The number of benzene rings is 2. The second-order valence-electron chi connectivity index (χ2n) is 8.13. The molecule has 1 aliphatic heterocycles. The van der Waals surface area contributed by atoms with Crippen LogP contribution in [0.4, 0.5) is 10.1 Å². The minimum atomic E-state index is -1.16. The number of rotatable bonds is 6. The summed E-state index contributed by atoms with van der Waals surface area (Å²) in [5.74, 6) is -0.986. The van der Waals surface area contributed by atoms with Gasteiger partial charge in [-0.3, -0.25) is 0 Å². The van der Waals surface area contributed by atoms with Gasteiger partial charge in [-0.25, -0.2) is 9.18 Å². The van der Waals surface area contributed by atoms with Gasteiger partial charge < -0.3 is 29.0 Å². The van der Waals surface area contributed by atoms with Crippen molar-refractivity contribution in [2.75, 3.05) is 37.8 Å². The molecule has 8 heteroatoms. The third-order valence-corrected chi connectivity index (χ3v) is 5.02. The van der Waals surface area contributed by atoms with Crippen LogP contribution < -0.4 is 9.64 Å². The molecule has 0 bridgehead atoms. The van der Waals surface area contributed by atoms with Gasteiger partial charge in [-0.2, -0.15) is 0 Å². The third kappa shape index (κ3) is 4.50. The molecule has 1 aliphatic rings. The molecule has 1 fully saturated rings. The van der Waals surface area contributed by atoms with Crippen LogP contribution in [0.1, 0.15) is 24.2 Å². The Morgan fingerprint density at radius 3 is 2.48 bits per heavy atom. The zero-order valence-corrected chi connectivity index (χ0v) is 17.4. The lowest BCUT2D eigenvalue weighted by Gasteiger charge is -2.31. The van der Waals surface area contributed by atoms with Crippen LogP contribution in [0, 0.1) is 5.82 Å². The summed E-state index contributed by atoms with van der Waals surface area (Å²) in [5, 5.41) is 20.4. The first-order valence-electron chi connectivity index (χ1n) is 10.0. The van der Waals surface area contributed by atoms with Crippen LogP contribution in [0.2, 0.25) is 0 Å². The molecule has 2 heterocycles. The summed E-state index contributed by atoms with van der Waals surface area (Å²) in [5.41, 5.74) is 0.484. The molecule has 0 spiro atoms. The van der Waals surface area contributed by atoms with E-state index in [2.05, 4.69) is 4.90 Å². The van der Waals surface area contributed by atoms with E-state index in [0.29, 0.717) is 48.6 Å². The molecule has 0 unspecified atom stereocenters. The number of carboxylic acids is 1. The summed E-state index contributed by atoms with van der Waals surface area (Å²) < 4.78 is 30.7. The summed E-state index contributed by atoms with van der Waals surface area (Å²) in [6.45, 7) is 5.69. The van der Waals surface area contributed by atoms with Gasteiger partial charge in [0.25, 0.3) is 0 Å². The molecule has 0 saturated carbocycles. The number of anilines is 1. The van der Waals surface area contributed by atoms with Gasteiger partial charge in [-0.1, -0.05) is 0 Å². The number of halogens is 1. The number of furan rings is 1. The second-order valence-corrected chi connectivity index (χ2v) is 8.13. The van der Waals surface area contributed by atoms with Crippen LogP contribution in [0.3, 0.4) is 0 Å². The first-order valence-corrected chi connectivity index (χ1v) is 10.0. The zero-order valence-electron chi connectivity index (χ0n) is 17.4. The maximum atomic E-state index is 13.4. The Morgan fingerprint density at radius 2 is 1.87 bits per heavy atom. The maximum absolute atomic E-state index is 13.4. The molecule has 0 radical (unpaired) electrons. The Hall–Kier alpha value is -3.10. The predicted octanol–water partition coefficient (Wildman–Crippen LogP) is 3.92. The summed E-state index contributed by atoms with van der Waals surface area (Å²) in [7, 11) is 0. The lowest BCUT2D eigenvalue weighted by molar-refractivity contribution is 0.0285. The van der Waals surface area contributed by atoms with E-state index in [-0.39, 0.29) is 17.9 Å². The fourth-order valence-corrected chi connectivity index (χ4v) is 3.55. The van der Waals surface area contributed by atoms with Gasteiger partial charge in [0.1, 0.15) is 35.1 Å². The van der Waals surface area contributed by atoms with E-state index in [1.165, 1.54) is 24.3 Å². The van der Waals surface area contributed by atoms with Crippen LogP contribution in [-0.4, -0.2) is 54.7 Å². The number of hydrogen-bond acceptors (Lipinski definition) is 6. The quantitative estimate of drug-likeness (QED) is 0.613. The van der Waals surface area contributed by atoms with Gasteiger partial charge in [0.2, 0.25) is 0 Å². The highest BCUT2D eigenvalue weighted by Crippen LogP contribution is 2.41. The smallest absolute Gasteiger partial charge is 0.340 e. The maximum Gasteiger partial charge on any atom is 0.340 e. The number of morpholine rings is 1. The van der Waals surface area contributed by atoms with Crippen LogP contribution in [0.25, 0.3) is 22.3 Å². The van der Waals surface area contributed by atoms with E-state index in [1.54, 1.807) is 26.0 Å². The van der Waals surface area contributed by atoms with Crippen molar-refractivity contribution < 1.29 is 33.3 Å². The third-order valence-electron chi connectivity index (χ3n) is 5.02. The number of hydrogen-bond donors (Lipinski definition) is 2. The summed E-state index contributed by atoms with van der Waals surface area (Å²) in [6.07, 6.45) is 0. The predicted molar refractivity (Wildman–Crippen MR) is 113 cm³/mol. The Bertz CT molecular complexity index is 1090. The molecule has 0 aliphatic carbocycles. The number of aromatic carboxylic acids is 1. The van der Waals surface area contributed by atoms with Crippen molar-refractivity contribution in [3.05, 3.63) is 47.8 Å². The lowest BCUT2D eigenvalue weighted by atomic mass is 10.0. The number of nitrogens with zero attached hydrogens (tertiary/aromatic N) is 1. The largest absolute Gasteiger partial charge is 0.488 e. The van der Waals surface area contributed by atoms with Crippen molar-refractivity contribution in [2.24, 2.45) is 0 Å². The summed E-state index contributed by atoms with van der Waals surface area (Å²) in [4.78, 5) is 14.2. The minimum Gasteiger partial charge on any atom is -0.488 e. The summed E-state index contributed by atoms with van der Waals surface area (Å²) >= 11 is 0. The molecule has 0 amide bonds.